The number of halogens is 2. The summed E-state index contributed by atoms with van der Waals surface area (Å²) in [6.45, 7) is 1.56. The summed E-state index contributed by atoms with van der Waals surface area (Å²) in [6.07, 6.45) is 0.841. The van der Waals surface area contributed by atoms with E-state index >= 15 is 0 Å². The van der Waals surface area contributed by atoms with E-state index in [1.165, 1.54) is 6.07 Å². The van der Waals surface area contributed by atoms with Crippen molar-refractivity contribution in [1.29, 1.82) is 0 Å². The maximum absolute atomic E-state index is 13.1. The lowest BCUT2D eigenvalue weighted by molar-refractivity contribution is 0.311. The molecular weight excluding hydrogens is 287 g/mol. The number of benzene rings is 2. The third kappa shape index (κ3) is 5.12. The van der Waals surface area contributed by atoms with E-state index in [1.807, 2.05) is 37.4 Å². The zero-order valence-electron chi connectivity index (χ0n) is 12.1. The van der Waals surface area contributed by atoms with Crippen LogP contribution in [0.3, 0.4) is 0 Å². The summed E-state index contributed by atoms with van der Waals surface area (Å²) < 4.78 is 13.1. The zero-order chi connectivity index (χ0) is 15.2. The SMILES string of the molecule is CN(CCC(N)c1ccc(Cl)cc1)Cc1cccc(F)c1. The van der Waals surface area contributed by atoms with Gasteiger partial charge >= 0.3 is 0 Å². The maximum atomic E-state index is 13.1. The van der Waals surface area contributed by atoms with Gasteiger partial charge < -0.3 is 10.6 Å². The van der Waals surface area contributed by atoms with Crippen LogP contribution in [0.4, 0.5) is 4.39 Å². The topological polar surface area (TPSA) is 29.3 Å². The van der Waals surface area contributed by atoms with Gasteiger partial charge in [0.15, 0.2) is 0 Å². The summed E-state index contributed by atoms with van der Waals surface area (Å²) in [7, 11) is 2.01. The van der Waals surface area contributed by atoms with Crippen molar-refractivity contribution in [3.8, 4) is 0 Å². The van der Waals surface area contributed by atoms with Crippen LogP contribution in [0.2, 0.25) is 5.02 Å². The molecule has 112 valence electrons. The Morgan fingerprint density at radius 1 is 1.19 bits per heavy atom. The van der Waals surface area contributed by atoms with E-state index < -0.39 is 0 Å². The summed E-state index contributed by atoms with van der Waals surface area (Å²) >= 11 is 5.87. The highest BCUT2D eigenvalue weighted by Gasteiger charge is 2.08. The van der Waals surface area contributed by atoms with E-state index in [0.29, 0.717) is 11.6 Å². The van der Waals surface area contributed by atoms with Crippen molar-refractivity contribution in [2.45, 2.75) is 19.0 Å². The molecule has 0 aliphatic carbocycles. The van der Waals surface area contributed by atoms with Crippen molar-refractivity contribution in [1.82, 2.24) is 4.90 Å². The Labute approximate surface area is 130 Å². The lowest BCUT2D eigenvalue weighted by Gasteiger charge is -2.19. The second-order valence-electron chi connectivity index (χ2n) is 5.31. The highest BCUT2D eigenvalue weighted by molar-refractivity contribution is 6.30. The molecule has 0 saturated carbocycles. The van der Waals surface area contributed by atoms with Crippen LogP contribution in [0.15, 0.2) is 48.5 Å². The van der Waals surface area contributed by atoms with Gasteiger partial charge in [0.1, 0.15) is 5.82 Å². The van der Waals surface area contributed by atoms with Crippen molar-refractivity contribution in [2.24, 2.45) is 5.73 Å². The predicted molar refractivity (Wildman–Crippen MR) is 85.7 cm³/mol. The minimum Gasteiger partial charge on any atom is -0.324 e. The minimum atomic E-state index is -0.196. The molecule has 0 fully saturated rings. The Hall–Kier alpha value is -1.42. The van der Waals surface area contributed by atoms with Crippen molar-refractivity contribution in [2.75, 3.05) is 13.6 Å². The molecule has 2 nitrogen and oxygen atoms in total. The first-order chi connectivity index (χ1) is 10.0. The van der Waals surface area contributed by atoms with Gasteiger partial charge in [0.25, 0.3) is 0 Å². The molecule has 2 aromatic rings. The van der Waals surface area contributed by atoms with E-state index in [4.69, 9.17) is 17.3 Å². The maximum Gasteiger partial charge on any atom is 0.123 e. The summed E-state index contributed by atoms with van der Waals surface area (Å²) in [5, 5.41) is 0.717. The largest absolute Gasteiger partial charge is 0.324 e. The molecule has 2 aromatic carbocycles. The van der Waals surface area contributed by atoms with E-state index in [9.17, 15) is 4.39 Å². The summed E-state index contributed by atoms with van der Waals surface area (Å²) in [6, 6.07) is 14.3. The number of nitrogens with zero attached hydrogens (tertiary/aromatic N) is 1. The van der Waals surface area contributed by atoms with Crippen LogP contribution < -0.4 is 5.73 Å². The molecule has 1 unspecified atom stereocenters. The number of rotatable bonds is 6. The highest BCUT2D eigenvalue weighted by atomic mass is 35.5. The zero-order valence-corrected chi connectivity index (χ0v) is 12.9. The lowest BCUT2D eigenvalue weighted by atomic mass is 10.0. The van der Waals surface area contributed by atoms with Crippen LogP contribution in [-0.2, 0) is 6.54 Å². The summed E-state index contributed by atoms with van der Waals surface area (Å²) in [5.41, 5.74) is 8.23. The standard InChI is InChI=1S/C17H20ClFN2/c1-21(12-13-3-2-4-16(19)11-13)10-9-17(20)14-5-7-15(18)8-6-14/h2-8,11,17H,9-10,12,20H2,1H3. The first-order valence-corrected chi connectivity index (χ1v) is 7.36. The van der Waals surface area contributed by atoms with Crippen LogP contribution in [0.5, 0.6) is 0 Å². The monoisotopic (exact) mass is 306 g/mol. The molecule has 0 heterocycles. The van der Waals surface area contributed by atoms with Gasteiger partial charge in [-0.15, -0.1) is 0 Å². The molecule has 0 bridgehead atoms. The Bertz CT molecular complexity index is 571. The van der Waals surface area contributed by atoms with Crippen molar-refractivity contribution >= 4 is 11.6 Å². The molecule has 4 heteroatoms. The van der Waals surface area contributed by atoms with Crippen LogP contribution >= 0.6 is 11.6 Å². The van der Waals surface area contributed by atoms with Gasteiger partial charge in [-0.2, -0.15) is 0 Å². The molecule has 0 saturated heterocycles. The summed E-state index contributed by atoms with van der Waals surface area (Å²) in [5.74, 6) is -0.196. The molecule has 2 rings (SSSR count). The predicted octanol–water partition coefficient (Wildman–Crippen LogP) is 4.00. The van der Waals surface area contributed by atoms with E-state index in [2.05, 4.69) is 4.90 Å². The molecule has 0 radical (unpaired) electrons. The van der Waals surface area contributed by atoms with Crippen molar-refractivity contribution in [3.05, 3.63) is 70.5 Å². The normalized spacial score (nSPS) is 12.6. The van der Waals surface area contributed by atoms with Crippen molar-refractivity contribution < 1.29 is 4.39 Å². The van der Waals surface area contributed by atoms with Gasteiger partial charge in [0, 0.05) is 17.6 Å². The van der Waals surface area contributed by atoms with E-state index in [0.717, 1.165) is 24.1 Å². The Kier molecular flexibility index (Phi) is 5.74. The van der Waals surface area contributed by atoms with E-state index in [-0.39, 0.29) is 11.9 Å². The molecule has 2 N–H and O–H groups in total. The number of hydrogen-bond donors (Lipinski definition) is 1. The average Bonchev–Trinajstić information content (AvgIpc) is 2.45. The molecular formula is C17H20ClFN2. The minimum absolute atomic E-state index is 0.0165. The quantitative estimate of drug-likeness (QED) is 0.874. The van der Waals surface area contributed by atoms with Crippen molar-refractivity contribution in [3.63, 3.8) is 0 Å². The third-order valence-corrected chi connectivity index (χ3v) is 3.71. The fourth-order valence-electron chi connectivity index (χ4n) is 2.26. The highest BCUT2D eigenvalue weighted by Crippen LogP contribution is 2.17. The van der Waals surface area contributed by atoms with Crippen LogP contribution in [0, 0.1) is 5.82 Å². The first kappa shape index (κ1) is 16.0. The lowest BCUT2D eigenvalue weighted by Crippen LogP contribution is -2.23. The molecule has 0 aliphatic heterocycles. The van der Waals surface area contributed by atoms with E-state index in [1.54, 1.807) is 12.1 Å². The molecule has 1 atom stereocenters. The smallest absolute Gasteiger partial charge is 0.123 e. The molecule has 0 amide bonds. The fourth-order valence-corrected chi connectivity index (χ4v) is 2.39. The number of hydrogen-bond acceptors (Lipinski definition) is 2. The molecule has 0 aromatic heterocycles. The molecule has 0 aliphatic rings. The van der Waals surface area contributed by atoms with Gasteiger partial charge in [0.05, 0.1) is 0 Å². The molecule has 21 heavy (non-hydrogen) atoms. The van der Waals surface area contributed by atoms with Gasteiger partial charge in [-0.1, -0.05) is 35.9 Å². The van der Waals surface area contributed by atoms with Crippen LogP contribution in [-0.4, -0.2) is 18.5 Å². The van der Waals surface area contributed by atoms with Gasteiger partial charge in [-0.25, -0.2) is 4.39 Å². The van der Waals surface area contributed by atoms with Crippen LogP contribution in [0.25, 0.3) is 0 Å². The fraction of sp³-hybridized carbons (Fsp3) is 0.294. The van der Waals surface area contributed by atoms with Crippen LogP contribution in [0.1, 0.15) is 23.6 Å². The summed E-state index contributed by atoms with van der Waals surface area (Å²) in [4.78, 5) is 2.14. The Morgan fingerprint density at radius 3 is 2.57 bits per heavy atom. The Balaban J connectivity index is 1.83. The second kappa shape index (κ2) is 7.55. The van der Waals surface area contributed by atoms with Gasteiger partial charge in [0.2, 0.25) is 0 Å². The first-order valence-electron chi connectivity index (χ1n) is 6.98. The third-order valence-electron chi connectivity index (χ3n) is 3.46. The average molecular weight is 307 g/mol. The van der Waals surface area contributed by atoms with Gasteiger partial charge in [-0.05, 0) is 55.4 Å². The Morgan fingerprint density at radius 2 is 1.90 bits per heavy atom. The molecule has 0 spiro atoms. The number of nitrogens with two attached hydrogens (primary N) is 1. The second-order valence-corrected chi connectivity index (χ2v) is 5.75. The van der Waals surface area contributed by atoms with Gasteiger partial charge in [-0.3, -0.25) is 0 Å².